The number of nitrogens with zero attached hydrogens (tertiary/aromatic N) is 3. The molecule has 6 nitrogen and oxygen atoms in total. The Kier molecular flexibility index (Phi) is 5.60. The summed E-state index contributed by atoms with van der Waals surface area (Å²) >= 11 is 6.78. The molecule has 0 atom stereocenters. The highest BCUT2D eigenvalue weighted by Gasteiger charge is 2.22. The van der Waals surface area contributed by atoms with Crippen molar-refractivity contribution < 1.29 is 10.0 Å². The summed E-state index contributed by atoms with van der Waals surface area (Å²) < 4.78 is 1.73. The SMILES string of the molecule is N/C(CN1CCN(C(=O)c2cc(Br)cc(Br)c2)CC1)=N/O. The number of hydrogen-bond acceptors (Lipinski definition) is 4. The topological polar surface area (TPSA) is 82.2 Å². The van der Waals surface area contributed by atoms with Crippen molar-refractivity contribution in [1.82, 2.24) is 9.80 Å². The van der Waals surface area contributed by atoms with Crippen LogP contribution in [-0.4, -0.2) is 59.5 Å². The second-order valence-electron chi connectivity index (χ2n) is 4.82. The maximum absolute atomic E-state index is 12.5. The van der Waals surface area contributed by atoms with E-state index < -0.39 is 0 Å². The minimum absolute atomic E-state index is 0.0143. The molecule has 1 fully saturated rings. The summed E-state index contributed by atoms with van der Waals surface area (Å²) in [5.74, 6) is 0.200. The lowest BCUT2D eigenvalue weighted by Gasteiger charge is -2.34. The van der Waals surface area contributed by atoms with Crippen LogP contribution < -0.4 is 5.73 Å². The molecule has 2 rings (SSSR count). The third kappa shape index (κ3) is 4.42. The van der Waals surface area contributed by atoms with E-state index in [1.807, 2.05) is 23.1 Å². The lowest BCUT2D eigenvalue weighted by molar-refractivity contribution is 0.0653. The Balaban J connectivity index is 1.97. The molecule has 0 unspecified atom stereocenters. The summed E-state index contributed by atoms with van der Waals surface area (Å²) in [5, 5.41) is 11.5. The molecule has 1 aliphatic rings. The number of hydrogen-bond donors (Lipinski definition) is 2. The first-order valence-electron chi connectivity index (χ1n) is 6.43. The van der Waals surface area contributed by atoms with Crippen LogP contribution in [-0.2, 0) is 0 Å². The summed E-state index contributed by atoms with van der Waals surface area (Å²) in [6.45, 7) is 3.08. The molecule has 1 aromatic carbocycles. The van der Waals surface area contributed by atoms with E-state index in [1.165, 1.54) is 0 Å². The second kappa shape index (κ2) is 7.24. The Bertz CT molecular complexity index is 537. The van der Waals surface area contributed by atoms with E-state index in [-0.39, 0.29) is 11.7 Å². The van der Waals surface area contributed by atoms with Gasteiger partial charge in [-0.25, -0.2) is 0 Å². The number of rotatable bonds is 3. The first-order chi connectivity index (χ1) is 9.99. The largest absolute Gasteiger partial charge is 0.409 e. The zero-order chi connectivity index (χ0) is 15.4. The molecular weight excluding hydrogens is 404 g/mol. The van der Waals surface area contributed by atoms with Gasteiger partial charge >= 0.3 is 0 Å². The maximum Gasteiger partial charge on any atom is 0.254 e. The molecule has 1 saturated heterocycles. The normalized spacial score (nSPS) is 17.0. The van der Waals surface area contributed by atoms with Crippen LogP contribution in [0.25, 0.3) is 0 Å². The number of oxime groups is 1. The predicted octanol–water partition coefficient (Wildman–Crippen LogP) is 1.72. The minimum Gasteiger partial charge on any atom is -0.409 e. The van der Waals surface area contributed by atoms with Gasteiger partial charge in [-0.3, -0.25) is 9.69 Å². The van der Waals surface area contributed by atoms with Crippen molar-refractivity contribution in [3.63, 3.8) is 0 Å². The van der Waals surface area contributed by atoms with Crippen molar-refractivity contribution in [3.8, 4) is 0 Å². The lowest BCUT2D eigenvalue weighted by atomic mass is 10.2. The van der Waals surface area contributed by atoms with Crippen molar-refractivity contribution in [2.45, 2.75) is 0 Å². The van der Waals surface area contributed by atoms with E-state index in [1.54, 1.807) is 0 Å². The first kappa shape index (κ1) is 16.3. The van der Waals surface area contributed by atoms with Crippen molar-refractivity contribution in [1.29, 1.82) is 0 Å². The van der Waals surface area contributed by atoms with Gasteiger partial charge in [0.25, 0.3) is 5.91 Å². The van der Waals surface area contributed by atoms with Gasteiger partial charge in [-0.1, -0.05) is 37.0 Å². The molecule has 0 spiro atoms. The fraction of sp³-hybridized carbons (Fsp3) is 0.385. The summed E-state index contributed by atoms with van der Waals surface area (Å²) in [5.41, 5.74) is 6.14. The van der Waals surface area contributed by atoms with E-state index in [0.29, 0.717) is 38.3 Å². The summed E-state index contributed by atoms with van der Waals surface area (Å²) in [4.78, 5) is 16.3. The van der Waals surface area contributed by atoms with Gasteiger partial charge in [0, 0.05) is 40.7 Å². The van der Waals surface area contributed by atoms with Gasteiger partial charge in [-0.15, -0.1) is 0 Å². The fourth-order valence-corrected chi connectivity index (χ4v) is 3.52. The highest BCUT2D eigenvalue weighted by Crippen LogP contribution is 2.21. The highest BCUT2D eigenvalue weighted by molar-refractivity contribution is 9.11. The molecular formula is C13H16Br2N4O2. The van der Waals surface area contributed by atoms with E-state index in [4.69, 9.17) is 10.9 Å². The van der Waals surface area contributed by atoms with Gasteiger partial charge in [0.2, 0.25) is 0 Å². The van der Waals surface area contributed by atoms with E-state index in [9.17, 15) is 4.79 Å². The zero-order valence-corrected chi connectivity index (χ0v) is 14.5. The molecule has 1 aromatic rings. The average molecular weight is 420 g/mol. The number of piperazine rings is 1. The second-order valence-corrected chi connectivity index (χ2v) is 6.65. The number of carbonyl (C=O) groups excluding carboxylic acids is 1. The third-order valence-corrected chi connectivity index (χ3v) is 4.20. The van der Waals surface area contributed by atoms with Crippen molar-refractivity contribution in [2.24, 2.45) is 10.9 Å². The number of nitrogens with two attached hydrogens (primary N) is 1. The smallest absolute Gasteiger partial charge is 0.254 e. The third-order valence-electron chi connectivity index (χ3n) is 3.28. The van der Waals surface area contributed by atoms with Gasteiger partial charge in [0.15, 0.2) is 5.84 Å². The Morgan fingerprint density at radius 1 is 1.19 bits per heavy atom. The van der Waals surface area contributed by atoms with E-state index >= 15 is 0 Å². The molecule has 21 heavy (non-hydrogen) atoms. The molecule has 8 heteroatoms. The molecule has 1 amide bonds. The van der Waals surface area contributed by atoms with Gasteiger partial charge in [0.05, 0.1) is 6.54 Å². The summed E-state index contributed by atoms with van der Waals surface area (Å²) in [6, 6.07) is 5.53. The molecule has 0 aromatic heterocycles. The predicted molar refractivity (Wildman–Crippen MR) is 87.6 cm³/mol. The van der Waals surface area contributed by atoms with E-state index in [2.05, 4.69) is 41.9 Å². The van der Waals surface area contributed by atoms with Crippen LogP contribution in [0.15, 0.2) is 32.3 Å². The van der Waals surface area contributed by atoms with Crippen LogP contribution in [0.2, 0.25) is 0 Å². The summed E-state index contributed by atoms with van der Waals surface area (Å²) in [7, 11) is 0. The molecule has 1 heterocycles. The van der Waals surface area contributed by atoms with Crippen LogP contribution in [0.4, 0.5) is 0 Å². The number of amidine groups is 1. The van der Waals surface area contributed by atoms with Crippen LogP contribution >= 0.6 is 31.9 Å². The number of amides is 1. The van der Waals surface area contributed by atoms with Crippen molar-refractivity contribution in [2.75, 3.05) is 32.7 Å². The fourth-order valence-electron chi connectivity index (χ4n) is 2.23. The van der Waals surface area contributed by atoms with Crippen LogP contribution in [0.5, 0.6) is 0 Å². The molecule has 0 radical (unpaired) electrons. The molecule has 0 aliphatic carbocycles. The first-order valence-corrected chi connectivity index (χ1v) is 8.02. The monoisotopic (exact) mass is 418 g/mol. The Labute approximate surface area is 139 Å². The van der Waals surface area contributed by atoms with Gasteiger partial charge in [0.1, 0.15) is 0 Å². The average Bonchev–Trinajstić information content (AvgIpc) is 2.46. The van der Waals surface area contributed by atoms with Crippen LogP contribution in [0.1, 0.15) is 10.4 Å². The van der Waals surface area contributed by atoms with Crippen molar-refractivity contribution >= 4 is 43.6 Å². The summed E-state index contributed by atoms with van der Waals surface area (Å²) in [6.07, 6.45) is 0. The molecule has 114 valence electrons. The number of halogens is 2. The Hall–Kier alpha value is -1.12. The van der Waals surface area contributed by atoms with Crippen LogP contribution in [0.3, 0.4) is 0 Å². The van der Waals surface area contributed by atoms with Gasteiger partial charge in [-0.2, -0.15) is 0 Å². The zero-order valence-electron chi connectivity index (χ0n) is 11.3. The highest BCUT2D eigenvalue weighted by atomic mass is 79.9. The van der Waals surface area contributed by atoms with Crippen molar-refractivity contribution in [3.05, 3.63) is 32.7 Å². The molecule has 3 N–H and O–H groups in total. The standard InChI is InChI=1S/C13H16Br2N4O2/c14-10-5-9(6-11(15)7-10)13(20)19-3-1-18(2-4-19)8-12(16)17-21/h5-7,21H,1-4,8H2,(H2,16,17). The maximum atomic E-state index is 12.5. The number of carbonyl (C=O) groups is 1. The van der Waals surface area contributed by atoms with Gasteiger partial charge < -0.3 is 15.8 Å². The quantitative estimate of drug-likeness (QED) is 0.338. The molecule has 0 saturated carbocycles. The number of benzene rings is 1. The van der Waals surface area contributed by atoms with Crippen LogP contribution in [0, 0.1) is 0 Å². The van der Waals surface area contributed by atoms with E-state index in [0.717, 1.165) is 8.95 Å². The molecule has 0 bridgehead atoms. The minimum atomic E-state index is 0.0143. The van der Waals surface area contributed by atoms with Gasteiger partial charge in [-0.05, 0) is 18.2 Å². The lowest BCUT2D eigenvalue weighted by Crippen LogP contribution is -2.50. The Morgan fingerprint density at radius 3 is 2.29 bits per heavy atom. The Morgan fingerprint density at radius 2 is 1.76 bits per heavy atom. The molecule has 1 aliphatic heterocycles.